The van der Waals surface area contributed by atoms with Crippen LogP contribution >= 0.6 is 0 Å². The molecule has 0 saturated carbocycles. The highest BCUT2D eigenvalue weighted by molar-refractivity contribution is 5.98. The minimum atomic E-state index is -0.154. The van der Waals surface area contributed by atoms with Gasteiger partial charge in [-0.3, -0.25) is 9.59 Å². The van der Waals surface area contributed by atoms with Gasteiger partial charge in [-0.2, -0.15) is 0 Å². The van der Waals surface area contributed by atoms with Crippen molar-refractivity contribution >= 4 is 23.2 Å². The number of anilines is 2. The highest BCUT2D eigenvalue weighted by Gasteiger charge is 2.21. The Labute approximate surface area is 118 Å². The third-order valence-corrected chi connectivity index (χ3v) is 3.30. The van der Waals surface area contributed by atoms with Gasteiger partial charge in [-0.15, -0.1) is 0 Å². The molecule has 6 nitrogen and oxygen atoms in total. The molecule has 0 aliphatic carbocycles. The second-order valence-electron chi connectivity index (χ2n) is 5.10. The first kappa shape index (κ1) is 14.2. The van der Waals surface area contributed by atoms with Crippen molar-refractivity contribution in [2.75, 3.05) is 44.4 Å². The summed E-state index contributed by atoms with van der Waals surface area (Å²) < 4.78 is 0. The number of carbonyl (C=O) groups is 2. The van der Waals surface area contributed by atoms with Gasteiger partial charge in [0.1, 0.15) is 0 Å². The molecule has 0 aromatic heterocycles. The van der Waals surface area contributed by atoms with Crippen molar-refractivity contribution in [1.82, 2.24) is 10.2 Å². The van der Waals surface area contributed by atoms with E-state index in [1.54, 1.807) is 17.0 Å². The summed E-state index contributed by atoms with van der Waals surface area (Å²) in [5.41, 5.74) is 7.90. The van der Waals surface area contributed by atoms with Crippen molar-refractivity contribution in [2.45, 2.75) is 6.42 Å². The lowest BCUT2D eigenvalue weighted by molar-refractivity contribution is -0.121. The fraction of sp³-hybridized carbons (Fsp3) is 0.429. The third-order valence-electron chi connectivity index (χ3n) is 3.30. The summed E-state index contributed by atoms with van der Waals surface area (Å²) >= 11 is 0. The Hall–Kier alpha value is -2.24. The second-order valence-corrected chi connectivity index (χ2v) is 5.10. The predicted octanol–water partition coefficient (Wildman–Crippen LogP) is 0.297. The van der Waals surface area contributed by atoms with E-state index in [4.69, 9.17) is 5.73 Å². The summed E-state index contributed by atoms with van der Waals surface area (Å²) in [4.78, 5) is 27.4. The topological polar surface area (TPSA) is 78.7 Å². The molecule has 0 atom stereocenters. The van der Waals surface area contributed by atoms with Crippen molar-refractivity contribution in [3.8, 4) is 0 Å². The van der Waals surface area contributed by atoms with Crippen LogP contribution < -0.4 is 16.0 Å². The number of benzene rings is 1. The van der Waals surface area contributed by atoms with Gasteiger partial charge in [0.2, 0.25) is 5.91 Å². The Kier molecular flexibility index (Phi) is 4.12. The molecular weight excluding hydrogens is 256 g/mol. The summed E-state index contributed by atoms with van der Waals surface area (Å²) in [5.74, 6) is -0.271. The minimum absolute atomic E-state index is 0.105. The minimum Gasteiger partial charge on any atom is -0.397 e. The van der Waals surface area contributed by atoms with E-state index in [1.165, 1.54) is 0 Å². The van der Waals surface area contributed by atoms with Gasteiger partial charge in [0.15, 0.2) is 0 Å². The van der Waals surface area contributed by atoms with Crippen molar-refractivity contribution in [1.29, 1.82) is 0 Å². The molecular formula is C14H20N4O2. The Morgan fingerprint density at radius 2 is 2.15 bits per heavy atom. The average Bonchev–Trinajstić information content (AvgIpc) is 2.62. The summed E-state index contributed by atoms with van der Waals surface area (Å²) in [6.07, 6.45) is 0.767. The zero-order chi connectivity index (χ0) is 14.7. The average molecular weight is 276 g/mol. The summed E-state index contributed by atoms with van der Waals surface area (Å²) in [6, 6.07) is 5.23. The zero-order valence-corrected chi connectivity index (χ0v) is 11.8. The van der Waals surface area contributed by atoms with Gasteiger partial charge in [-0.25, -0.2) is 0 Å². The highest BCUT2D eigenvalue weighted by Crippen LogP contribution is 2.23. The maximum atomic E-state index is 12.4. The second kappa shape index (κ2) is 5.81. The van der Waals surface area contributed by atoms with Gasteiger partial charge in [0, 0.05) is 32.7 Å². The summed E-state index contributed by atoms with van der Waals surface area (Å²) in [5, 5.41) is 2.75. The van der Waals surface area contributed by atoms with Gasteiger partial charge >= 0.3 is 0 Å². The van der Waals surface area contributed by atoms with Crippen LogP contribution in [0, 0.1) is 0 Å². The number of nitrogens with one attached hydrogen (secondary N) is 1. The number of nitrogens with zero attached hydrogens (tertiary/aromatic N) is 2. The van der Waals surface area contributed by atoms with Gasteiger partial charge in [-0.1, -0.05) is 0 Å². The van der Waals surface area contributed by atoms with Crippen LogP contribution in [-0.4, -0.2) is 50.4 Å². The lowest BCUT2D eigenvalue weighted by Crippen LogP contribution is -2.37. The number of carbonyl (C=O) groups excluding carboxylic acids is 2. The van der Waals surface area contributed by atoms with Crippen LogP contribution in [-0.2, 0) is 4.79 Å². The number of nitrogen functional groups attached to an aromatic ring is 1. The van der Waals surface area contributed by atoms with Crippen LogP contribution in [0.1, 0.15) is 16.8 Å². The third kappa shape index (κ3) is 3.01. The monoisotopic (exact) mass is 276 g/mol. The normalized spacial score (nSPS) is 15.5. The quantitative estimate of drug-likeness (QED) is 0.761. The first-order valence-electron chi connectivity index (χ1n) is 6.62. The van der Waals surface area contributed by atoms with Gasteiger partial charge in [0.05, 0.1) is 17.9 Å². The Bertz CT molecular complexity index is 528. The van der Waals surface area contributed by atoms with Crippen molar-refractivity contribution < 1.29 is 9.59 Å². The Balaban J connectivity index is 2.20. The maximum absolute atomic E-state index is 12.4. The van der Waals surface area contributed by atoms with Crippen LogP contribution in [0.3, 0.4) is 0 Å². The molecule has 1 fully saturated rings. The van der Waals surface area contributed by atoms with Crippen LogP contribution in [0.15, 0.2) is 18.2 Å². The molecule has 1 saturated heterocycles. The molecule has 2 rings (SSSR count). The van der Waals surface area contributed by atoms with E-state index in [1.807, 2.05) is 25.1 Å². The van der Waals surface area contributed by atoms with Crippen molar-refractivity contribution in [3.05, 3.63) is 23.8 Å². The first-order valence-corrected chi connectivity index (χ1v) is 6.62. The molecule has 108 valence electrons. The molecule has 2 amide bonds. The lowest BCUT2D eigenvalue weighted by atomic mass is 10.1. The van der Waals surface area contributed by atoms with Crippen molar-refractivity contribution in [3.63, 3.8) is 0 Å². The number of hydrogen-bond acceptors (Lipinski definition) is 4. The van der Waals surface area contributed by atoms with E-state index in [9.17, 15) is 9.59 Å². The standard InChI is InChI=1S/C14H20N4O2/c1-17(2)12-5-4-10(8-11(12)15)14(20)18-7-3-6-16-13(19)9-18/h4-5,8H,3,6-7,9,15H2,1-2H3,(H,16,19). The summed E-state index contributed by atoms with van der Waals surface area (Å²) in [7, 11) is 3.79. The number of nitrogens with two attached hydrogens (primary N) is 1. The highest BCUT2D eigenvalue weighted by atomic mass is 16.2. The van der Waals surface area contributed by atoms with Crippen LogP contribution in [0.2, 0.25) is 0 Å². The molecule has 6 heteroatoms. The molecule has 1 aliphatic rings. The van der Waals surface area contributed by atoms with E-state index in [-0.39, 0.29) is 18.4 Å². The van der Waals surface area contributed by atoms with E-state index in [2.05, 4.69) is 5.32 Å². The smallest absolute Gasteiger partial charge is 0.254 e. The van der Waals surface area contributed by atoms with Crippen molar-refractivity contribution in [2.24, 2.45) is 0 Å². The number of amides is 2. The lowest BCUT2D eigenvalue weighted by Gasteiger charge is -2.20. The van der Waals surface area contributed by atoms with E-state index < -0.39 is 0 Å². The fourth-order valence-electron chi connectivity index (χ4n) is 2.26. The molecule has 3 N–H and O–H groups in total. The fourth-order valence-corrected chi connectivity index (χ4v) is 2.26. The van der Waals surface area contributed by atoms with E-state index in [0.717, 1.165) is 12.1 Å². The van der Waals surface area contributed by atoms with Gasteiger partial charge < -0.3 is 20.9 Å². The largest absolute Gasteiger partial charge is 0.397 e. The maximum Gasteiger partial charge on any atom is 0.254 e. The first-order chi connectivity index (χ1) is 9.49. The molecule has 0 radical (unpaired) electrons. The van der Waals surface area contributed by atoms with E-state index >= 15 is 0 Å². The molecule has 0 bridgehead atoms. The molecule has 1 heterocycles. The molecule has 1 aliphatic heterocycles. The van der Waals surface area contributed by atoms with Gasteiger partial charge in [-0.05, 0) is 24.6 Å². The van der Waals surface area contributed by atoms with Crippen LogP contribution in [0.4, 0.5) is 11.4 Å². The molecule has 20 heavy (non-hydrogen) atoms. The molecule has 0 spiro atoms. The number of rotatable bonds is 2. The zero-order valence-electron chi connectivity index (χ0n) is 11.8. The SMILES string of the molecule is CN(C)c1ccc(C(=O)N2CCCNC(=O)C2)cc1N. The van der Waals surface area contributed by atoms with Crippen LogP contribution in [0.25, 0.3) is 0 Å². The van der Waals surface area contributed by atoms with Gasteiger partial charge in [0.25, 0.3) is 5.91 Å². The predicted molar refractivity (Wildman–Crippen MR) is 78.7 cm³/mol. The Morgan fingerprint density at radius 3 is 2.80 bits per heavy atom. The Morgan fingerprint density at radius 1 is 1.40 bits per heavy atom. The molecule has 1 aromatic carbocycles. The van der Waals surface area contributed by atoms with Crippen LogP contribution in [0.5, 0.6) is 0 Å². The molecule has 1 aromatic rings. The summed E-state index contributed by atoms with van der Waals surface area (Å²) in [6.45, 7) is 1.30. The number of hydrogen-bond donors (Lipinski definition) is 2. The molecule has 0 unspecified atom stereocenters. The van der Waals surface area contributed by atoms with E-state index in [0.29, 0.717) is 24.3 Å².